The molecule has 2 nitrogen and oxygen atoms in total. The van der Waals surface area contributed by atoms with Crippen molar-refractivity contribution in [3.63, 3.8) is 0 Å². The van der Waals surface area contributed by atoms with E-state index < -0.39 is 0 Å². The molecular weight excluding hydrogens is 228 g/mol. The Morgan fingerprint density at radius 2 is 1.82 bits per heavy atom. The minimum absolute atomic E-state index is 1.02. The van der Waals surface area contributed by atoms with Crippen molar-refractivity contribution in [3.8, 4) is 0 Å². The van der Waals surface area contributed by atoms with Crippen LogP contribution in [0.15, 0.2) is 24.3 Å². The minimum atomic E-state index is 1.02. The van der Waals surface area contributed by atoms with Gasteiger partial charge in [-0.05, 0) is 32.3 Å². The van der Waals surface area contributed by atoms with Crippen LogP contribution in [0.4, 0.5) is 5.13 Å². The molecule has 2 rings (SSSR count). The first-order valence-corrected chi connectivity index (χ1v) is 6.70. The SMILES string of the molecule is CNc1nc(CCc2ccc(C)cc2)c(C)s1. The summed E-state index contributed by atoms with van der Waals surface area (Å²) in [5, 5.41) is 4.12. The molecule has 0 bridgehead atoms. The smallest absolute Gasteiger partial charge is 0.182 e. The number of nitrogens with one attached hydrogen (secondary N) is 1. The Labute approximate surface area is 107 Å². The van der Waals surface area contributed by atoms with Crippen LogP contribution in [-0.2, 0) is 12.8 Å². The Kier molecular flexibility index (Phi) is 3.79. The Balaban J connectivity index is 2.01. The van der Waals surface area contributed by atoms with Crippen LogP contribution in [0.5, 0.6) is 0 Å². The van der Waals surface area contributed by atoms with Crippen molar-refractivity contribution in [3.05, 3.63) is 46.0 Å². The molecule has 0 atom stereocenters. The normalized spacial score (nSPS) is 10.5. The molecule has 3 heteroatoms. The van der Waals surface area contributed by atoms with Crippen LogP contribution < -0.4 is 5.32 Å². The van der Waals surface area contributed by atoms with Gasteiger partial charge in [0.1, 0.15) is 0 Å². The van der Waals surface area contributed by atoms with Gasteiger partial charge in [0.25, 0.3) is 0 Å². The topological polar surface area (TPSA) is 24.9 Å². The Morgan fingerprint density at radius 1 is 1.12 bits per heavy atom. The second-order valence-electron chi connectivity index (χ2n) is 4.26. The van der Waals surface area contributed by atoms with Crippen LogP contribution >= 0.6 is 11.3 Å². The molecule has 0 spiro atoms. The van der Waals surface area contributed by atoms with Gasteiger partial charge in [-0.15, -0.1) is 11.3 Å². The van der Waals surface area contributed by atoms with Crippen molar-refractivity contribution in [2.24, 2.45) is 0 Å². The first-order chi connectivity index (χ1) is 8.19. The third-order valence-corrected chi connectivity index (χ3v) is 3.91. The highest BCUT2D eigenvalue weighted by Crippen LogP contribution is 2.22. The molecule has 0 radical (unpaired) electrons. The molecule has 1 N–H and O–H groups in total. The largest absolute Gasteiger partial charge is 0.365 e. The number of aryl methyl sites for hydroxylation is 4. The lowest BCUT2D eigenvalue weighted by molar-refractivity contribution is 0.917. The van der Waals surface area contributed by atoms with Crippen LogP contribution in [-0.4, -0.2) is 12.0 Å². The third-order valence-electron chi connectivity index (χ3n) is 2.88. The lowest BCUT2D eigenvalue weighted by Crippen LogP contribution is -1.94. The predicted octanol–water partition coefficient (Wildman–Crippen LogP) is 3.59. The van der Waals surface area contributed by atoms with Crippen molar-refractivity contribution in [2.75, 3.05) is 12.4 Å². The molecular formula is C14H18N2S. The van der Waals surface area contributed by atoms with Crippen molar-refractivity contribution < 1.29 is 0 Å². The first kappa shape index (κ1) is 12.1. The van der Waals surface area contributed by atoms with Gasteiger partial charge in [-0.3, -0.25) is 0 Å². The number of thiazole rings is 1. The zero-order valence-corrected chi connectivity index (χ0v) is 11.4. The zero-order valence-electron chi connectivity index (χ0n) is 10.6. The summed E-state index contributed by atoms with van der Waals surface area (Å²) in [7, 11) is 1.92. The van der Waals surface area contributed by atoms with E-state index in [2.05, 4.69) is 48.4 Å². The Bertz CT molecular complexity index is 485. The summed E-state index contributed by atoms with van der Waals surface area (Å²) in [5.41, 5.74) is 3.92. The molecule has 0 saturated heterocycles. The van der Waals surface area contributed by atoms with Gasteiger partial charge in [0.2, 0.25) is 0 Å². The summed E-state index contributed by atoms with van der Waals surface area (Å²) in [6.07, 6.45) is 2.08. The molecule has 0 amide bonds. The summed E-state index contributed by atoms with van der Waals surface area (Å²) < 4.78 is 0. The molecule has 2 aromatic rings. The summed E-state index contributed by atoms with van der Waals surface area (Å²) in [5.74, 6) is 0. The second-order valence-corrected chi connectivity index (χ2v) is 5.46. The number of rotatable bonds is 4. The van der Waals surface area contributed by atoms with Crippen molar-refractivity contribution in [1.82, 2.24) is 4.98 Å². The van der Waals surface area contributed by atoms with Gasteiger partial charge in [0.15, 0.2) is 5.13 Å². The van der Waals surface area contributed by atoms with E-state index in [0.717, 1.165) is 18.0 Å². The molecule has 0 unspecified atom stereocenters. The maximum Gasteiger partial charge on any atom is 0.182 e. The zero-order chi connectivity index (χ0) is 12.3. The molecule has 1 aromatic carbocycles. The molecule has 1 heterocycles. The predicted molar refractivity (Wildman–Crippen MR) is 75.0 cm³/mol. The maximum atomic E-state index is 4.57. The number of aromatic nitrogens is 1. The first-order valence-electron chi connectivity index (χ1n) is 5.88. The molecule has 0 fully saturated rings. The Morgan fingerprint density at radius 3 is 2.41 bits per heavy atom. The number of hydrogen-bond donors (Lipinski definition) is 1. The van der Waals surface area contributed by atoms with Crippen LogP contribution in [0, 0.1) is 13.8 Å². The molecule has 90 valence electrons. The lowest BCUT2D eigenvalue weighted by Gasteiger charge is -2.01. The number of anilines is 1. The van der Waals surface area contributed by atoms with Gasteiger partial charge in [-0.25, -0.2) is 4.98 Å². The second kappa shape index (κ2) is 5.32. The van der Waals surface area contributed by atoms with Gasteiger partial charge in [0.05, 0.1) is 5.69 Å². The van der Waals surface area contributed by atoms with E-state index in [4.69, 9.17) is 0 Å². The van der Waals surface area contributed by atoms with Gasteiger partial charge >= 0.3 is 0 Å². The lowest BCUT2D eigenvalue weighted by atomic mass is 10.1. The highest BCUT2D eigenvalue weighted by molar-refractivity contribution is 7.15. The molecule has 0 aliphatic rings. The van der Waals surface area contributed by atoms with Crippen molar-refractivity contribution in [1.29, 1.82) is 0 Å². The van der Waals surface area contributed by atoms with Crippen molar-refractivity contribution >= 4 is 16.5 Å². The maximum absolute atomic E-state index is 4.57. The highest BCUT2D eigenvalue weighted by atomic mass is 32.1. The molecule has 0 aliphatic carbocycles. The quantitative estimate of drug-likeness (QED) is 0.891. The van der Waals surface area contributed by atoms with E-state index >= 15 is 0 Å². The molecule has 0 saturated carbocycles. The van der Waals surface area contributed by atoms with E-state index in [1.807, 2.05) is 7.05 Å². The molecule has 17 heavy (non-hydrogen) atoms. The fraction of sp³-hybridized carbons (Fsp3) is 0.357. The minimum Gasteiger partial charge on any atom is -0.365 e. The standard InChI is InChI=1S/C14H18N2S/c1-10-4-6-12(7-5-10)8-9-13-11(2)17-14(15-3)16-13/h4-7H,8-9H2,1-3H3,(H,15,16). The van der Waals surface area contributed by atoms with Crippen LogP contribution in [0.3, 0.4) is 0 Å². The molecule has 0 aliphatic heterocycles. The van der Waals surface area contributed by atoms with E-state index in [0.29, 0.717) is 0 Å². The van der Waals surface area contributed by atoms with Gasteiger partial charge in [-0.2, -0.15) is 0 Å². The summed E-state index contributed by atoms with van der Waals surface area (Å²) in [6, 6.07) is 8.75. The van der Waals surface area contributed by atoms with E-state index in [1.54, 1.807) is 11.3 Å². The Hall–Kier alpha value is -1.35. The fourth-order valence-electron chi connectivity index (χ4n) is 1.78. The van der Waals surface area contributed by atoms with Crippen LogP contribution in [0.25, 0.3) is 0 Å². The average Bonchev–Trinajstić information content (AvgIpc) is 2.69. The van der Waals surface area contributed by atoms with Crippen molar-refractivity contribution in [2.45, 2.75) is 26.7 Å². The fourth-order valence-corrected chi connectivity index (χ4v) is 2.60. The average molecular weight is 246 g/mol. The summed E-state index contributed by atoms with van der Waals surface area (Å²) in [4.78, 5) is 5.89. The highest BCUT2D eigenvalue weighted by Gasteiger charge is 2.06. The number of hydrogen-bond acceptors (Lipinski definition) is 3. The van der Waals surface area contributed by atoms with E-state index in [9.17, 15) is 0 Å². The summed E-state index contributed by atoms with van der Waals surface area (Å²) in [6.45, 7) is 4.26. The molecule has 1 aromatic heterocycles. The van der Waals surface area contributed by atoms with Crippen LogP contribution in [0.2, 0.25) is 0 Å². The van der Waals surface area contributed by atoms with Gasteiger partial charge in [0, 0.05) is 11.9 Å². The van der Waals surface area contributed by atoms with Gasteiger partial charge in [-0.1, -0.05) is 29.8 Å². The summed E-state index contributed by atoms with van der Waals surface area (Å²) >= 11 is 1.73. The van der Waals surface area contributed by atoms with E-state index in [-0.39, 0.29) is 0 Å². The number of nitrogens with zero attached hydrogens (tertiary/aromatic N) is 1. The van der Waals surface area contributed by atoms with Crippen LogP contribution in [0.1, 0.15) is 21.7 Å². The number of benzene rings is 1. The van der Waals surface area contributed by atoms with E-state index in [1.165, 1.54) is 21.7 Å². The third kappa shape index (κ3) is 3.07. The van der Waals surface area contributed by atoms with Gasteiger partial charge < -0.3 is 5.32 Å². The monoisotopic (exact) mass is 246 g/mol.